The van der Waals surface area contributed by atoms with Gasteiger partial charge in [-0.05, 0) is 26.7 Å². The van der Waals surface area contributed by atoms with Crippen molar-refractivity contribution in [3.8, 4) is 0 Å². The minimum Gasteiger partial charge on any atom is -0.392 e. The van der Waals surface area contributed by atoms with Crippen molar-refractivity contribution in [1.82, 2.24) is 10.2 Å². The summed E-state index contributed by atoms with van der Waals surface area (Å²) in [6.45, 7) is 3.71. The fraction of sp³-hybridized carbons (Fsp3) is 0.545. The highest BCUT2D eigenvalue weighted by atomic mass is 32.1. The summed E-state index contributed by atoms with van der Waals surface area (Å²) in [6.07, 6.45) is 2.47. The fourth-order valence-electron chi connectivity index (χ4n) is 2.08. The van der Waals surface area contributed by atoms with Gasteiger partial charge in [0.1, 0.15) is 0 Å². The summed E-state index contributed by atoms with van der Waals surface area (Å²) in [7, 11) is 0. The van der Waals surface area contributed by atoms with E-state index in [0.29, 0.717) is 4.99 Å². The first kappa shape index (κ1) is 12.0. The molecule has 6 heteroatoms. The molecule has 0 aliphatic heterocycles. The van der Waals surface area contributed by atoms with E-state index in [9.17, 15) is 4.79 Å². The minimum atomic E-state index is -0.647. The third-order valence-electron chi connectivity index (χ3n) is 3.48. The zero-order valence-electron chi connectivity index (χ0n) is 9.96. The number of rotatable bonds is 3. The number of hydrogen-bond donors (Lipinski definition) is 3. The van der Waals surface area contributed by atoms with Crippen LogP contribution in [0.15, 0.2) is 0 Å². The quantitative estimate of drug-likeness (QED) is 0.710. The first-order chi connectivity index (χ1) is 7.97. The molecule has 0 atom stereocenters. The van der Waals surface area contributed by atoms with E-state index in [1.165, 1.54) is 0 Å². The first-order valence-corrected chi connectivity index (χ1v) is 6.01. The zero-order chi connectivity index (χ0) is 12.6. The predicted molar refractivity (Wildman–Crippen MR) is 69.8 cm³/mol. The number of aromatic amines is 1. The van der Waals surface area contributed by atoms with Gasteiger partial charge in [0, 0.05) is 0 Å². The number of H-pyrrole nitrogens is 1. The van der Waals surface area contributed by atoms with Crippen LogP contribution in [0.5, 0.6) is 0 Å². The number of aromatic nitrogens is 2. The normalized spacial score (nSPS) is 17.3. The number of carbonyl (C=O) groups excluding carboxylic acids is 1. The molecule has 17 heavy (non-hydrogen) atoms. The van der Waals surface area contributed by atoms with Crippen LogP contribution < -0.4 is 11.1 Å². The molecule has 1 saturated carbocycles. The van der Waals surface area contributed by atoms with Crippen LogP contribution in [0.1, 0.15) is 30.7 Å². The van der Waals surface area contributed by atoms with E-state index in [2.05, 4.69) is 15.5 Å². The minimum absolute atomic E-state index is 0.108. The van der Waals surface area contributed by atoms with E-state index in [1.807, 2.05) is 13.8 Å². The topological polar surface area (TPSA) is 83.8 Å². The van der Waals surface area contributed by atoms with Crippen molar-refractivity contribution in [3.05, 3.63) is 11.4 Å². The van der Waals surface area contributed by atoms with Crippen LogP contribution in [0, 0.1) is 19.3 Å². The summed E-state index contributed by atoms with van der Waals surface area (Å²) in [5.41, 5.74) is 7.38. The van der Waals surface area contributed by atoms with Crippen molar-refractivity contribution in [2.45, 2.75) is 33.1 Å². The number of thiocarbonyl (C=S) groups is 1. The van der Waals surface area contributed by atoms with Gasteiger partial charge in [-0.1, -0.05) is 18.6 Å². The molecule has 1 aromatic rings. The summed E-state index contributed by atoms with van der Waals surface area (Å²) >= 11 is 5.01. The maximum atomic E-state index is 12.2. The lowest BCUT2D eigenvalue weighted by Gasteiger charge is -2.39. The molecule has 1 aliphatic rings. The molecule has 0 radical (unpaired) electrons. The van der Waals surface area contributed by atoms with Gasteiger partial charge < -0.3 is 11.1 Å². The zero-order valence-corrected chi connectivity index (χ0v) is 10.8. The lowest BCUT2D eigenvalue weighted by molar-refractivity contribution is -0.125. The predicted octanol–water partition coefficient (Wildman–Crippen LogP) is 1.42. The Morgan fingerprint density at radius 1 is 1.53 bits per heavy atom. The number of hydrogen-bond acceptors (Lipinski definition) is 3. The Kier molecular flexibility index (Phi) is 2.91. The van der Waals surface area contributed by atoms with Crippen LogP contribution in [0.4, 0.5) is 5.69 Å². The molecule has 1 heterocycles. The van der Waals surface area contributed by atoms with Gasteiger partial charge in [0.15, 0.2) is 0 Å². The molecule has 0 saturated heterocycles. The number of amides is 1. The lowest BCUT2D eigenvalue weighted by Crippen LogP contribution is -2.50. The van der Waals surface area contributed by atoms with E-state index in [1.54, 1.807) is 0 Å². The molecule has 92 valence electrons. The third kappa shape index (κ3) is 1.82. The highest BCUT2D eigenvalue weighted by molar-refractivity contribution is 7.80. The standard InChI is InChI=1S/C11H16N4OS/c1-6-8(7(2)15-14-6)13-10(16)11(9(12)17)4-3-5-11/h3-5H2,1-2H3,(H2,12,17)(H,13,16)(H,14,15). The van der Waals surface area contributed by atoms with Crippen molar-refractivity contribution in [3.63, 3.8) is 0 Å². The molecule has 2 rings (SSSR count). The van der Waals surface area contributed by atoms with Crippen LogP contribution in [-0.4, -0.2) is 21.1 Å². The van der Waals surface area contributed by atoms with Crippen LogP contribution >= 0.6 is 12.2 Å². The van der Waals surface area contributed by atoms with Crippen LogP contribution in [-0.2, 0) is 4.79 Å². The van der Waals surface area contributed by atoms with E-state index >= 15 is 0 Å². The molecule has 4 N–H and O–H groups in total. The van der Waals surface area contributed by atoms with Crippen LogP contribution in [0.3, 0.4) is 0 Å². The molecule has 0 spiro atoms. The second-order valence-electron chi connectivity index (χ2n) is 4.56. The van der Waals surface area contributed by atoms with Gasteiger partial charge >= 0.3 is 0 Å². The maximum Gasteiger partial charge on any atom is 0.237 e. The molecule has 0 bridgehead atoms. The summed E-state index contributed by atoms with van der Waals surface area (Å²) in [5.74, 6) is -0.108. The Bertz CT molecular complexity index is 456. The van der Waals surface area contributed by atoms with Gasteiger partial charge in [0.05, 0.1) is 27.5 Å². The average Bonchev–Trinajstić information content (AvgIpc) is 2.47. The summed E-state index contributed by atoms with van der Waals surface area (Å²) in [5, 5.41) is 9.75. The van der Waals surface area contributed by atoms with Crippen molar-refractivity contribution >= 4 is 28.8 Å². The van der Waals surface area contributed by atoms with Crippen LogP contribution in [0.25, 0.3) is 0 Å². The molecule has 5 nitrogen and oxygen atoms in total. The second kappa shape index (κ2) is 4.10. The Morgan fingerprint density at radius 3 is 2.53 bits per heavy atom. The molecule has 0 unspecified atom stereocenters. The van der Waals surface area contributed by atoms with Crippen molar-refractivity contribution in [2.24, 2.45) is 11.1 Å². The smallest absolute Gasteiger partial charge is 0.237 e. The number of nitrogens with zero attached hydrogens (tertiary/aromatic N) is 1. The van der Waals surface area contributed by atoms with Gasteiger partial charge in [-0.15, -0.1) is 0 Å². The number of nitrogens with one attached hydrogen (secondary N) is 2. The number of anilines is 1. The largest absolute Gasteiger partial charge is 0.392 e. The van der Waals surface area contributed by atoms with Gasteiger partial charge in [-0.2, -0.15) is 5.10 Å². The molecule has 1 aliphatic carbocycles. The van der Waals surface area contributed by atoms with Gasteiger partial charge in [0.25, 0.3) is 0 Å². The summed E-state index contributed by atoms with van der Waals surface area (Å²) in [4.78, 5) is 12.5. The SMILES string of the molecule is Cc1n[nH]c(C)c1NC(=O)C1(C(N)=S)CCC1. The Hall–Kier alpha value is -1.43. The van der Waals surface area contributed by atoms with Crippen LogP contribution in [0.2, 0.25) is 0 Å². The third-order valence-corrected chi connectivity index (χ3v) is 3.87. The highest BCUT2D eigenvalue weighted by Crippen LogP contribution is 2.42. The summed E-state index contributed by atoms with van der Waals surface area (Å²) in [6, 6.07) is 0. The maximum absolute atomic E-state index is 12.2. The Morgan fingerprint density at radius 2 is 2.18 bits per heavy atom. The second-order valence-corrected chi connectivity index (χ2v) is 5.00. The molecular weight excluding hydrogens is 236 g/mol. The number of nitrogens with two attached hydrogens (primary N) is 1. The number of aryl methyl sites for hydroxylation is 2. The molecule has 1 fully saturated rings. The van der Waals surface area contributed by atoms with E-state index < -0.39 is 5.41 Å². The molecular formula is C11H16N4OS. The van der Waals surface area contributed by atoms with E-state index in [4.69, 9.17) is 18.0 Å². The summed E-state index contributed by atoms with van der Waals surface area (Å²) < 4.78 is 0. The van der Waals surface area contributed by atoms with Crippen molar-refractivity contribution in [2.75, 3.05) is 5.32 Å². The highest BCUT2D eigenvalue weighted by Gasteiger charge is 2.47. The van der Waals surface area contributed by atoms with Crippen molar-refractivity contribution < 1.29 is 4.79 Å². The molecule has 0 aromatic carbocycles. The average molecular weight is 252 g/mol. The van der Waals surface area contributed by atoms with E-state index in [0.717, 1.165) is 36.3 Å². The monoisotopic (exact) mass is 252 g/mol. The lowest BCUT2D eigenvalue weighted by atomic mass is 9.68. The number of carbonyl (C=O) groups is 1. The van der Waals surface area contributed by atoms with Gasteiger partial charge in [-0.3, -0.25) is 9.89 Å². The van der Waals surface area contributed by atoms with Gasteiger partial charge in [-0.25, -0.2) is 0 Å². The first-order valence-electron chi connectivity index (χ1n) is 5.60. The van der Waals surface area contributed by atoms with Crippen molar-refractivity contribution in [1.29, 1.82) is 0 Å². The Labute approximate surface area is 105 Å². The molecule has 1 aromatic heterocycles. The molecule has 1 amide bonds. The van der Waals surface area contributed by atoms with Gasteiger partial charge in [0.2, 0.25) is 5.91 Å². The fourth-order valence-corrected chi connectivity index (χ4v) is 2.38. The Balaban J connectivity index is 2.20. The van der Waals surface area contributed by atoms with E-state index in [-0.39, 0.29) is 5.91 Å².